The number of para-hydroxylation sites is 1. The zero-order valence-corrected chi connectivity index (χ0v) is 38.4. The van der Waals surface area contributed by atoms with Gasteiger partial charge in [0, 0.05) is 56.6 Å². The Balaban J connectivity index is 0. The summed E-state index contributed by atoms with van der Waals surface area (Å²) in [6.07, 6.45) is 30.6. The molecule has 0 atom stereocenters. The van der Waals surface area contributed by atoms with E-state index in [4.69, 9.17) is 4.74 Å². The summed E-state index contributed by atoms with van der Waals surface area (Å²) < 4.78 is 5.80. The quantitative estimate of drug-likeness (QED) is 0.0776. The summed E-state index contributed by atoms with van der Waals surface area (Å²) in [5.41, 5.74) is 3.49. The molecule has 0 unspecified atom stereocenters. The average molecular weight is 779 g/mol. The van der Waals surface area contributed by atoms with E-state index in [0.717, 1.165) is 45.0 Å². The Kier molecular flexibility index (Phi) is 36.7. The molecule has 0 aromatic heterocycles. The smallest absolute Gasteiger partial charge is 0.119 e. The molecule has 0 saturated carbocycles. The summed E-state index contributed by atoms with van der Waals surface area (Å²) in [6, 6.07) is 17.2. The van der Waals surface area contributed by atoms with Crippen molar-refractivity contribution in [2.45, 2.75) is 131 Å². The van der Waals surface area contributed by atoms with E-state index in [0.29, 0.717) is 5.41 Å². The first-order chi connectivity index (χ1) is 26.8. The lowest BCUT2D eigenvalue weighted by molar-refractivity contribution is 0.182. The molecular weight excluding hydrogens is 693 g/mol. The number of anilines is 1. The highest BCUT2D eigenvalue weighted by Gasteiger charge is 2.31. The van der Waals surface area contributed by atoms with Gasteiger partial charge in [0.25, 0.3) is 0 Å². The summed E-state index contributed by atoms with van der Waals surface area (Å²) in [6.45, 7) is 29.1. The maximum atomic E-state index is 5.80. The van der Waals surface area contributed by atoms with Crippen LogP contribution in [0.25, 0.3) is 0 Å². The molecule has 0 aliphatic carbocycles. The zero-order valence-electron chi connectivity index (χ0n) is 37.6. The van der Waals surface area contributed by atoms with Crippen LogP contribution in [0.4, 0.5) is 5.69 Å². The van der Waals surface area contributed by atoms with Crippen molar-refractivity contribution in [3.8, 4) is 31.4 Å². The number of fused-ring (bicyclic) bond motifs is 1. The number of terminal acetylenes is 2. The van der Waals surface area contributed by atoms with Crippen LogP contribution in [0.3, 0.4) is 0 Å². The summed E-state index contributed by atoms with van der Waals surface area (Å²) in [4.78, 5) is 11.5. The van der Waals surface area contributed by atoms with Crippen LogP contribution in [0.15, 0.2) is 53.4 Å². The largest absolute Gasteiger partial charge is 0.494 e. The summed E-state index contributed by atoms with van der Waals surface area (Å²) in [5.74, 6) is 2.30. The van der Waals surface area contributed by atoms with E-state index in [1.165, 1.54) is 113 Å². The van der Waals surface area contributed by atoms with Crippen molar-refractivity contribution in [3.63, 3.8) is 0 Å². The lowest BCUT2D eigenvalue weighted by Crippen LogP contribution is -2.40. The number of rotatable bonds is 24. The van der Waals surface area contributed by atoms with Gasteiger partial charge in [0.15, 0.2) is 0 Å². The van der Waals surface area contributed by atoms with E-state index >= 15 is 0 Å². The molecule has 0 saturated heterocycles. The molecule has 2 aromatic rings. The van der Waals surface area contributed by atoms with Crippen LogP contribution in [-0.2, 0) is 6.42 Å². The fraction of sp³-hybridized carbons (Fsp3) is 0.673. The third-order valence-corrected chi connectivity index (χ3v) is 12.0. The fourth-order valence-corrected chi connectivity index (χ4v) is 8.21. The number of unbranched alkanes of at least 4 members (excludes halogenated alkanes) is 4. The minimum absolute atomic E-state index is 0.577. The topological polar surface area (TPSA) is 22.2 Å². The van der Waals surface area contributed by atoms with Crippen molar-refractivity contribution in [2.75, 3.05) is 90.3 Å². The van der Waals surface area contributed by atoms with Gasteiger partial charge in [-0.1, -0.05) is 99.3 Å². The molecule has 0 spiro atoms. The molecule has 0 N–H and O–H groups in total. The number of aryl methyl sites for hydroxylation is 1. The van der Waals surface area contributed by atoms with E-state index in [1.54, 1.807) is 5.56 Å². The minimum atomic E-state index is 0.577. The van der Waals surface area contributed by atoms with Crippen LogP contribution in [0, 0.1) is 31.1 Å². The van der Waals surface area contributed by atoms with Gasteiger partial charge in [-0.05, 0) is 119 Å². The highest BCUT2D eigenvalue weighted by Crippen LogP contribution is 2.45. The van der Waals surface area contributed by atoms with Crippen LogP contribution in [0.2, 0.25) is 0 Å². The number of ether oxygens (including phenoxy) is 1. The van der Waals surface area contributed by atoms with E-state index in [1.807, 2.05) is 44.2 Å². The number of benzene rings is 2. The van der Waals surface area contributed by atoms with Gasteiger partial charge in [-0.25, -0.2) is 0 Å². The van der Waals surface area contributed by atoms with Gasteiger partial charge in [0.1, 0.15) is 5.75 Å². The molecule has 6 heteroatoms. The van der Waals surface area contributed by atoms with Gasteiger partial charge in [-0.3, -0.25) is 0 Å². The highest BCUT2D eigenvalue weighted by molar-refractivity contribution is 7.99. The molecule has 1 heterocycles. The lowest BCUT2D eigenvalue weighted by Gasteiger charge is -2.32. The van der Waals surface area contributed by atoms with Gasteiger partial charge < -0.3 is 24.3 Å². The van der Waals surface area contributed by atoms with Crippen molar-refractivity contribution in [1.29, 1.82) is 0 Å². The van der Waals surface area contributed by atoms with Crippen molar-refractivity contribution in [2.24, 2.45) is 5.41 Å². The second-order valence-electron chi connectivity index (χ2n) is 14.3. The van der Waals surface area contributed by atoms with E-state index in [9.17, 15) is 0 Å². The molecule has 55 heavy (non-hydrogen) atoms. The first-order valence-corrected chi connectivity index (χ1v) is 22.8. The van der Waals surface area contributed by atoms with Gasteiger partial charge in [-0.15, -0.1) is 37.5 Å². The Morgan fingerprint density at radius 3 is 1.65 bits per heavy atom. The third kappa shape index (κ3) is 24.6. The monoisotopic (exact) mass is 779 g/mol. The van der Waals surface area contributed by atoms with Gasteiger partial charge >= 0.3 is 0 Å². The fourth-order valence-electron chi connectivity index (χ4n) is 6.81. The number of hydrogen-bond donors (Lipinski definition) is 0. The molecule has 1 aliphatic heterocycles. The number of nitrogens with zero attached hydrogens (tertiary/aromatic N) is 4. The van der Waals surface area contributed by atoms with Crippen LogP contribution in [0.5, 0.6) is 5.75 Å². The Bertz CT molecular complexity index is 1130. The first-order valence-electron chi connectivity index (χ1n) is 21.8. The molecule has 314 valence electrons. The van der Waals surface area contributed by atoms with Crippen molar-refractivity contribution >= 4 is 17.4 Å². The lowest BCUT2D eigenvalue weighted by atomic mass is 9.75. The summed E-state index contributed by atoms with van der Waals surface area (Å²) in [7, 11) is 4.27. The Morgan fingerprint density at radius 2 is 1.16 bits per heavy atom. The van der Waals surface area contributed by atoms with E-state index in [2.05, 4.69) is 131 Å². The van der Waals surface area contributed by atoms with Gasteiger partial charge in [-0.2, -0.15) is 0 Å². The average Bonchev–Trinajstić information content (AvgIpc) is 3.43. The molecule has 0 fully saturated rings. The van der Waals surface area contributed by atoms with Crippen LogP contribution in [-0.4, -0.2) is 100 Å². The Hall–Kier alpha value is -2.61. The molecule has 1 aliphatic rings. The molecule has 0 radical (unpaired) electrons. The predicted octanol–water partition coefficient (Wildman–Crippen LogP) is 11.9. The molecule has 5 nitrogen and oxygen atoms in total. The molecule has 2 aromatic carbocycles. The molecule has 3 rings (SSSR count). The summed E-state index contributed by atoms with van der Waals surface area (Å²) in [5, 5.41) is 0. The predicted molar refractivity (Wildman–Crippen MR) is 250 cm³/mol. The van der Waals surface area contributed by atoms with Crippen LogP contribution < -0.4 is 9.64 Å². The molecule has 0 bridgehead atoms. The maximum Gasteiger partial charge on any atom is 0.119 e. The van der Waals surface area contributed by atoms with E-state index in [-0.39, 0.29) is 0 Å². The standard InChI is InChI=1S/C23H43N3O.C20H33NS.C2H6.2C2H2/c1-5-24(6-2)18-20-26(21-19-25(7-3)8-4)17-13-10-14-22-27-23-15-11-9-12-16-23;1-5-7-12-20(13-8-6-2)14-11-17-15-18(21(3)4)9-10-19(17)22-16-20;3*1-2/h9,11-12,15-16H,5-8,10,13-14,17-22H2,1-4H3;9-10,15H,5-8,11-14,16H2,1-4H3;1-2H3;2*1-2H. The first kappa shape index (κ1) is 54.5. The second kappa shape index (κ2) is 37.0. The van der Waals surface area contributed by atoms with E-state index < -0.39 is 0 Å². The van der Waals surface area contributed by atoms with Crippen LogP contribution >= 0.6 is 11.8 Å². The van der Waals surface area contributed by atoms with Crippen LogP contribution in [0.1, 0.15) is 125 Å². The van der Waals surface area contributed by atoms with Crippen molar-refractivity contribution < 1.29 is 4.74 Å². The van der Waals surface area contributed by atoms with Crippen molar-refractivity contribution in [3.05, 3.63) is 54.1 Å². The zero-order chi connectivity index (χ0) is 41.7. The van der Waals surface area contributed by atoms with Gasteiger partial charge in [0.2, 0.25) is 0 Å². The maximum absolute atomic E-state index is 5.80. The SMILES string of the molecule is C#C.C#C.CC.CCCCC1(CCCC)CCc2cc(N(C)C)ccc2SC1.CCN(CC)CCN(CCCCCOc1ccccc1)CCN(CC)CC. The Morgan fingerprint density at radius 1 is 0.636 bits per heavy atom. The summed E-state index contributed by atoms with van der Waals surface area (Å²) >= 11 is 2.12. The normalized spacial score (nSPS) is 12.7. The number of likely N-dealkylation sites (N-methyl/N-ethyl adjacent to an activating group) is 2. The number of thioether (sulfide) groups is 1. The van der Waals surface area contributed by atoms with Gasteiger partial charge in [0.05, 0.1) is 6.61 Å². The third-order valence-electron chi connectivity index (χ3n) is 10.5. The van der Waals surface area contributed by atoms with Crippen molar-refractivity contribution in [1.82, 2.24) is 14.7 Å². The Labute approximate surface area is 347 Å². The highest BCUT2D eigenvalue weighted by atomic mass is 32.2. The second-order valence-corrected chi connectivity index (χ2v) is 15.3. The number of hydrogen-bond acceptors (Lipinski definition) is 6. The molecular formula is C49H86N4OS. The molecule has 0 amide bonds. The minimum Gasteiger partial charge on any atom is -0.494 e.